The fourth-order valence-electron chi connectivity index (χ4n) is 22.0. The summed E-state index contributed by atoms with van der Waals surface area (Å²) in [6, 6.07) is 52.8. The van der Waals surface area contributed by atoms with E-state index < -0.39 is 183 Å². The maximum Gasteiger partial charge on any atom is 0.508 e. The van der Waals surface area contributed by atoms with Gasteiger partial charge >= 0.3 is 36.1 Å². The van der Waals surface area contributed by atoms with Gasteiger partial charge in [-0.15, -0.1) is 0 Å². The zero-order chi connectivity index (χ0) is 89.2. The number of aliphatic hydroxyl groups is 4. The van der Waals surface area contributed by atoms with Gasteiger partial charge in [-0.1, -0.05) is 230 Å². The first-order chi connectivity index (χ1) is 58.9. The first-order valence-electron chi connectivity index (χ1n) is 42.4. The molecule has 7 N–H and O–H groups in total. The lowest BCUT2D eigenvalue weighted by atomic mass is 9.42. The van der Waals surface area contributed by atoms with Gasteiger partial charge in [0.1, 0.15) is 69.2 Å². The molecular formula is C97H116N2O25. The van der Waals surface area contributed by atoms with Crippen LogP contribution in [0.3, 0.4) is 0 Å². The number of ether oxygens (including phenoxy) is 13. The Morgan fingerprint density at radius 1 is 0.500 bits per heavy atom. The maximum atomic E-state index is 15.8. The summed E-state index contributed by atoms with van der Waals surface area (Å²) in [5, 5.41) is 53.2. The number of ketones is 2. The van der Waals surface area contributed by atoms with Crippen molar-refractivity contribution in [2.75, 3.05) is 26.8 Å². The Balaban J connectivity index is 0.000000224. The number of carbonyl (C=O) groups excluding carboxylic acids is 8. The molecule has 6 aromatic carbocycles. The number of Topliss-reactive ketones (excluding diaryl/α,β-unsaturated/α-hetero) is 2. The molecular weight excluding hydrogens is 1590 g/mol. The highest BCUT2D eigenvalue weighted by molar-refractivity contribution is 5.94. The second-order valence-electron chi connectivity index (χ2n) is 35.9. The van der Waals surface area contributed by atoms with Crippen molar-refractivity contribution < 1.29 is 120 Å². The number of rotatable bonds is 26. The van der Waals surface area contributed by atoms with Crippen LogP contribution < -0.4 is 11.1 Å². The number of hydrogen-bond donors (Lipinski definition) is 6. The number of esters is 4. The summed E-state index contributed by atoms with van der Waals surface area (Å²) < 4.78 is 78.1. The molecule has 2 heterocycles. The van der Waals surface area contributed by atoms with Gasteiger partial charge in [-0.25, -0.2) is 19.2 Å². The Hall–Kier alpha value is -9.88. The predicted molar refractivity (Wildman–Crippen MR) is 448 cm³/mol. The lowest BCUT2D eigenvalue weighted by molar-refractivity contribution is -0.338. The van der Waals surface area contributed by atoms with Crippen LogP contribution in [0.2, 0.25) is 0 Å². The third-order valence-electron chi connectivity index (χ3n) is 28.3. The van der Waals surface area contributed by atoms with Crippen LogP contribution in [0, 0.1) is 51.2 Å². The van der Waals surface area contributed by atoms with Crippen molar-refractivity contribution in [3.63, 3.8) is 0 Å². The van der Waals surface area contributed by atoms with Crippen LogP contribution in [-0.4, -0.2) is 172 Å². The standard InChI is InChI=1S/C57H65NO14.C40H51NO11/c1-35-43(70-51(61)48(69-34-65-30-39-20-12-8-13-21-39)47(42-26-18-11-19-27-42)58-52(62)66-31-40-22-14-9-15-23-40)29-57(64)37(3)49-55(7,50(60)36(2)46(35)54(57,5)6)44(28-45-56(49,33-68-45)72-38(4)59)71-53(63)67-32-41-24-16-10-17-25-41;1-22-27(51-36(46)33(31(41)26-15-11-8-12-16-26)50-21-48-19-25-13-9-7-10-14-25)18-40(47)23(2)34-38(6,35(45)32(44)30(22)37(40,4)5)28(43)17-29-39(34,20-49-29)52-24(3)42/h8-27,36-37,43-45,47-49,64H,28-34H2,1-7H3,(H,58,62);7-16,23,27-29,31-34,43-44,47H,17-21,41H2,1-6H3. The van der Waals surface area contributed by atoms with Crippen LogP contribution in [0.4, 0.5) is 9.59 Å². The smallest absolute Gasteiger partial charge is 0.456 e. The molecule has 22 unspecified atom stereocenters. The van der Waals surface area contributed by atoms with Crippen molar-refractivity contribution in [1.29, 1.82) is 0 Å². The minimum atomic E-state index is -1.79. The molecule has 6 aromatic rings. The molecule has 0 aromatic heterocycles. The van der Waals surface area contributed by atoms with Crippen molar-refractivity contribution in [3.05, 3.63) is 238 Å². The van der Waals surface area contributed by atoms with Crippen LogP contribution in [0.5, 0.6) is 0 Å². The Labute approximate surface area is 722 Å². The lowest BCUT2D eigenvalue weighted by Gasteiger charge is -2.68. The van der Waals surface area contributed by atoms with Crippen molar-refractivity contribution in [2.45, 2.75) is 232 Å². The lowest BCUT2D eigenvalue weighted by Crippen LogP contribution is -2.79. The SMILES string of the molecule is CC(=O)OC12COC1CC(O)C1(C)C(=O)C(O)C3=C(C)C(OC(=O)C(OCOCc4ccccc4)C(N)c4ccccc4)CC(O)(C(C)C21)C3(C)C.CC(=O)OC12COC1CC(OC(=O)OCc1ccccc1)C1(C)C(=O)C(C)C3=C(C)C(OC(=O)C(OCOCc4ccccc4)C(NC(=O)OCc4ccccc4)c4ccccc4)CC(O)(C(C)C21)C3(C)C. The van der Waals surface area contributed by atoms with Gasteiger partial charge in [0.2, 0.25) is 0 Å². The highest BCUT2D eigenvalue weighted by Gasteiger charge is 2.78. The quantitative estimate of drug-likeness (QED) is 0.00965. The van der Waals surface area contributed by atoms with Crippen molar-refractivity contribution in [1.82, 2.24) is 5.32 Å². The van der Waals surface area contributed by atoms with E-state index in [0.29, 0.717) is 27.8 Å². The molecule has 27 heteroatoms. The number of carbonyl (C=O) groups is 8. The first-order valence-corrected chi connectivity index (χ1v) is 42.4. The number of amides is 1. The van der Waals surface area contributed by atoms with Gasteiger partial charge in [0.05, 0.1) is 66.6 Å². The van der Waals surface area contributed by atoms with Crippen LogP contribution in [-0.2, 0) is 117 Å². The number of fused-ring (bicyclic) bond motifs is 10. The summed E-state index contributed by atoms with van der Waals surface area (Å²) in [5.74, 6) is -8.59. The highest BCUT2D eigenvalue weighted by Crippen LogP contribution is 2.69. The van der Waals surface area contributed by atoms with Crippen LogP contribution >= 0.6 is 0 Å². The molecule has 2 saturated heterocycles. The number of nitrogens with one attached hydrogen (secondary N) is 1. The third-order valence-corrected chi connectivity index (χ3v) is 28.3. The second kappa shape index (κ2) is 37.0. The fraction of sp³-hybridized carbons (Fsp3) is 0.505. The summed E-state index contributed by atoms with van der Waals surface area (Å²) >= 11 is 0. The van der Waals surface area contributed by atoms with Crippen molar-refractivity contribution in [3.8, 4) is 0 Å². The monoisotopic (exact) mass is 1710 g/mol. The molecule has 2 aliphatic heterocycles. The van der Waals surface area contributed by atoms with E-state index in [1.807, 2.05) is 141 Å². The van der Waals surface area contributed by atoms with Crippen molar-refractivity contribution >= 4 is 47.7 Å². The van der Waals surface area contributed by atoms with Gasteiger partial charge in [0.15, 0.2) is 29.2 Å². The predicted octanol–water partition coefficient (Wildman–Crippen LogP) is 12.2. The number of alkyl carbamates (subject to hydrolysis) is 1. The first kappa shape index (κ1) is 91.8. The zero-order valence-electron chi connectivity index (χ0n) is 72.5. The van der Waals surface area contributed by atoms with Gasteiger partial charge < -0.3 is 93.1 Å². The van der Waals surface area contributed by atoms with Crippen LogP contribution in [0.25, 0.3) is 0 Å². The number of nitrogens with two attached hydrogens (primary N) is 1. The maximum absolute atomic E-state index is 15.8. The molecule has 8 aliphatic rings. The second-order valence-corrected chi connectivity index (χ2v) is 35.9. The topological polar surface area (TPSA) is 376 Å². The van der Waals surface area contributed by atoms with E-state index in [2.05, 4.69) is 5.32 Å². The summed E-state index contributed by atoms with van der Waals surface area (Å²) in [5.41, 5.74) is 0.806. The molecule has 1 amide bonds. The largest absolute Gasteiger partial charge is 0.508 e. The number of hydrogen-bond acceptors (Lipinski definition) is 26. The average Bonchev–Trinajstić information content (AvgIpc) is 0.673. The molecule has 6 aliphatic carbocycles. The van der Waals surface area contributed by atoms with Crippen LogP contribution in [0.15, 0.2) is 204 Å². The number of benzene rings is 6. The van der Waals surface area contributed by atoms with Crippen LogP contribution in [0.1, 0.15) is 161 Å². The van der Waals surface area contributed by atoms with E-state index in [1.54, 1.807) is 117 Å². The molecule has 124 heavy (non-hydrogen) atoms. The molecule has 4 bridgehead atoms. The average molecular weight is 1710 g/mol. The van der Waals surface area contributed by atoms with Gasteiger partial charge in [0, 0.05) is 68.1 Å². The molecule has 22 atom stereocenters. The van der Waals surface area contributed by atoms with E-state index in [-0.39, 0.29) is 90.3 Å². The summed E-state index contributed by atoms with van der Waals surface area (Å²) in [7, 11) is 0. The highest BCUT2D eigenvalue weighted by atomic mass is 16.7. The van der Waals surface area contributed by atoms with Gasteiger partial charge in [-0.3, -0.25) is 19.2 Å². The minimum absolute atomic E-state index is 0.00364. The normalized spacial score (nSPS) is 32.0. The van der Waals surface area contributed by atoms with Gasteiger partial charge in [-0.2, -0.15) is 0 Å². The molecule has 0 radical (unpaired) electrons. The Kier molecular flexibility index (Phi) is 27.4. The molecule has 6 fully saturated rings. The zero-order valence-corrected chi connectivity index (χ0v) is 72.5. The van der Waals surface area contributed by atoms with Gasteiger partial charge in [0.25, 0.3) is 0 Å². The third kappa shape index (κ3) is 17.1. The molecule has 27 nitrogen and oxygen atoms in total. The number of aliphatic hydroxyl groups excluding tert-OH is 2. The van der Waals surface area contributed by atoms with E-state index in [0.717, 1.165) is 22.3 Å². The molecule has 664 valence electrons. The summed E-state index contributed by atoms with van der Waals surface area (Å²) in [4.78, 5) is 113. The van der Waals surface area contributed by atoms with E-state index in [9.17, 15) is 49.2 Å². The van der Waals surface area contributed by atoms with Crippen molar-refractivity contribution in [2.24, 2.45) is 57.0 Å². The molecule has 4 saturated carbocycles. The van der Waals surface area contributed by atoms with E-state index in [4.69, 9.17) is 67.3 Å². The Morgan fingerprint density at radius 3 is 1.35 bits per heavy atom. The van der Waals surface area contributed by atoms with E-state index >= 15 is 9.59 Å². The minimum Gasteiger partial charge on any atom is -0.456 e. The van der Waals surface area contributed by atoms with E-state index in [1.165, 1.54) is 13.8 Å². The summed E-state index contributed by atoms with van der Waals surface area (Å²) in [6.45, 7) is 21.3. The Morgan fingerprint density at radius 2 is 0.895 bits per heavy atom. The Bertz CT molecular complexity index is 4900. The molecule has 0 spiro atoms. The summed E-state index contributed by atoms with van der Waals surface area (Å²) in [6.07, 6.45) is -12.9. The fourth-order valence-corrected chi connectivity index (χ4v) is 22.0. The van der Waals surface area contributed by atoms with Gasteiger partial charge in [-0.05, 0) is 95.2 Å². The molecule has 14 rings (SSSR count).